The van der Waals surface area contributed by atoms with Crippen molar-refractivity contribution in [3.63, 3.8) is 0 Å². The van der Waals surface area contributed by atoms with Gasteiger partial charge in [0.2, 0.25) is 0 Å². The van der Waals surface area contributed by atoms with Gasteiger partial charge in [0.25, 0.3) is 0 Å². The van der Waals surface area contributed by atoms with Gasteiger partial charge in [-0.15, -0.1) is 22.7 Å². The molecule has 0 radical (unpaired) electrons. The third-order valence-electron chi connectivity index (χ3n) is 2.30. The molecule has 1 N–H and O–H groups in total. The van der Waals surface area contributed by atoms with Crippen LogP contribution in [0.5, 0.6) is 0 Å². The molecule has 2 heterocycles. The van der Waals surface area contributed by atoms with Crippen molar-refractivity contribution >= 4 is 50.2 Å². The Hall–Kier alpha value is 0.130. The molecule has 0 aliphatic carbocycles. The van der Waals surface area contributed by atoms with E-state index < -0.39 is 6.10 Å². The van der Waals surface area contributed by atoms with Crippen molar-refractivity contribution in [1.82, 2.24) is 0 Å². The van der Waals surface area contributed by atoms with E-state index in [2.05, 4.69) is 15.9 Å². The van der Waals surface area contributed by atoms with Gasteiger partial charge in [0, 0.05) is 15.8 Å². The summed E-state index contributed by atoms with van der Waals surface area (Å²) in [5, 5.41) is 14.8. The fraction of sp³-hybridized carbons (Fsp3) is 0.273. The minimum Gasteiger partial charge on any atom is -0.387 e. The first-order valence-electron chi connectivity index (χ1n) is 4.73. The zero-order chi connectivity index (χ0) is 11.7. The molecule has 1 unspecified atom stereocenters. The van der Waals surface area contributed by atoms with Crippen LogP contribution in [0.4, 0.5) is 0 Å². The molecule has 86 valence electrons. The first kappa shape index (κ1) is 12.6. The van der Waals surface area contributed by atoms with Crippen LogP contribution in [0.25, 0.3) is 0 Å². The van der Waals surface area contributed by atoms with E-state index in [0.717, 1.165) is 19.8 Å². The molecular weight excluding hydrogens is 328 g/mol. The third-order valence-corrected chi connectivity index (χ3v) is 6.06. The third kappa shape index (κ3) is 2.51. The van der Waals surface area contributed by atoms with Crippen LogP contribution in [0.3, 0.4) is 0 Å². The van der Waals surface area contributed by atoms with E-state index in [-0.39, 0.29) is 0 Å². The van der Waals surface area contributed by atoms with Crippen molar-refractivity contribution in [2.75, 3.05) is 0 Å². The van der Waals surface area contributed by atoms with E-state index in [4.69, 9.17) is 11.6 Å². The standard InChI is InChI=1S/C11H10BrClOS2/c1-6-5-16-11(10(6)13)8(14)4-9-7(12)2-3-15-9/h2-3,5,8,14H,4H2,1H3. The van der Waals surface area contributed by atoms with Crippen molar-refractivity contribution in [2.45, 2.75) is 19.4 Å². The average Bonchev–Trinajstić information content (AvgIpc) is 2.77. The quantitative estimate of drug-likeness (QED) is 0.852. The molecule has 0 saturated heterocycles. The van der Waals surface area contributed by atoms with Gasteiger partial charge in [0.15, 0.2) is 0 Å². The van der Waals surface area contributed by atoms with Crippen LogP contribution in [0, 0.1) is 6.92 Å². The lowest BCUT2D eigenvalue weighted by Crippen LogP contribution is -1.99. The van der Waals surface area contributed by atoms with Crippen molar-refractivity contribution < 1.29 is 5.11 Å². The molecule has 16 heavy (non-hydrogen) atoms. The molecule has 1 nitrogen and oxygen atoms in total. The minimum atomic E-state index is -0.513. The molecule has 2 aromatic heterocycles. The normalized spacial score (nSPS) is 13.0. The number of aliphatic hydroxyl groups is 1. The number of aryl methyl sites for hydroxylation is 1. The number of thiophene rings is 2. The van der Waals surface area contributed by atoms with Crippen LogP contribution in [0.2, 0.25) is 5.02 Å². The maximum atomic E-state index is 10.1. The Kier molecular flexibility index (Phi) is 4.08. The van der Waals surface area contributed by atoms with Crippen molar-refractivity contribution in [2.24, 2.45) is 0 Å². The summed E-state index contributed by atoms with van der Waals surface area (Å²) < 4.78 is 1.06. The largest absolute Gasteiger partial charge is 0.387 e. The van der Waals surface area contributed by atoms with E-state index in [1.54, 1.807) is 11.3 Å². The van der Waals surface area contributed by atoms with E-state index in [1.165, 1.54) is 11.3 Å². The lowest BCUT2D eigenvalue weighted by molar-refractivity contribution is 0.183. The first-order valence-corrected chi connectivity index (χ1v) is 7.66. The van der Waals surface area contributed by atoms with Gasteiger partial charge in [-0.3, -0.25) is 0 Å². The predicted molar refractivity (Wildman–Crippen MR) is 74.7 cm³/mol. The second-order valence-electron chi connectivity index (χ2n) is 3.51. The van der Waals surface area contributed by atoms with Crippen LogP contribution in [-0.4, -0.2) is 5.11 Å². The molecule has 0 spiro atoms. The second-order valence-corrected chi connectivity index (χ2v) is 6.65. The lowest BCUT2D eigenvalue weighted by Gasteiger charge is -2.08. The Labute approximate surface area is 116 Å². The highest BCUT2D eigenvalue weighted by Crippen LogP contribution is 2.36. The highest BCUT2D eigenvalue weighted by atomic mass is 79.9. The van der Waals surface area contributed by atoms with Crippen LogP contribution in [-0.2, 0) is 6.42 Å². The summed E-state index contributed by atoms with van der Waals surface area (Å²) in [6.45, 7) is 1.95. The van der Waals surface area contributed by atoms with E-state index in [0.29, 0.717) is 11.4 Å². The van der Waals surface area contributed by atoms with E-state index in [9.17, 15) is 5.11 Å². The monoisotopic (exact) mass is 336 g/mol. The number of halogens is 2. The molecule has 0 saturated carbocycles. The Balaban J connectivity index is 2.18. The smallest absolute Gasteiger partial charge is 0.0945 e. The topological polar surface area (TPSA) is 20.2 Å². The molecule has 2 aromatic rings. The first-order chi connectivity index (χ1) is 7.59. The van der Waals surface area contributed by atoms with E-state index >= 15 is 0 Å². The number of aliphatic hydroxyl groups excluding tert-OH is 1. The summed E-state index contributed by atoms with van der Waals surface area (Å²) in [5.74, 6) is 0. The Morgan fingerprint density at radius 3 is 2.75 bits per heavy atom. The molecule has 1 atom stereocenters. The Morgan fingerprint density at radius 1 is 1.50 bits per heavy atom. The van der Waals surface area contributed by atoms with Crippen molar-refractivity contribution in [3.05, 3.63) is 41.6 Å². The molecule has 0 amide bonds. The molecule has 2 rings (SSSR count). The van der Waals surface area contributed by atoms with Gasteiger partial charge in [-0.1, -0.05) is 11.6 Å². The molecule has 0 aliphatic rings. The summed E-state index contributed by atoms with van der Waals surface area (Å²) >= 11 is 12.7. The van der Waals surface area contributed by atoms with Crippen LogP contribution in [0.15, 0.2) is 21.3 Å². The van der Waals surface area contributed by atoms with Gasteiger partial charge in [0.1, 0.15) is 0 Å². The summed E-state index contributed by atoms with van der Waals surface area (Å²) in [6.07, 6.45) is 0.0962. The average molecular weight is 338 g/mol. The highest BCUT2D eigenvalue weighted by Gasteiger charge is 2.17. The van der Waals surface area contributed by atoms with Gasteiger partial charge >= 0.3 is 0 Å². The summed E-state index contributed by atoms with van der Waals surface area (Å²) in [6, 6.07) is 1.99. The van der Waals surface area contributed by atoms with E-state index in [1.807, 2.05) is 23.8 Å². The van der Waals surface area contributed by atoms with Gasteiger partial charge < -0.3 is 5.11 Å². The SMILES string of the molecule is Cc1csc(C(O)Cc2sccc2Br)c1Cl. The summed E-state index contributed by atoms with van der Waals surface area (Å²) in [5.41, 5.74) is 1.03. The highest BCUT2D eigenvalue weighted by molar-refractivity contribution is 9.10. The maximum absolute atomic E-state index is 10.1. The minimum absolute atomic E-state index is 0.513. The van der Waals surface area contributed by atoms with Gasteiger partial charge in [-0.25, -0.2) is 0 Å². The molecule has 5 heteroatoms. The number of rotatable bonds is 3. The van der Waals surface area contributed by atoms with Crippen LogP contribution < -0.4 is 0 Å². The summed E-state index contributed by atoms with van der Waals surface area (Å²) in [7, 11) is 0. The zero-order valence-electron chi connectivity index (χ0n) is 8.54. The Morgan fingerprint density at radius 2 is 2.25 bits per heavy atom. The van der Waals surface area contributed by atoms with Gasteiger partial charge in [-0.2, -0.15) is 0 Å². The Bertz CT molecular complexity index is 492. The maximum Gasteiger partial charge on any atom is 0.0945 e. The van der Waals surface area contributed by atoms with Crippen LogP contribution >= 0.6 is 50.2 Å². The molecule has 0 fully saturated rings. The molecule has 0 aliphatic heterocycles. The lowest BCUT2D eigenvalue weighted by atomic mass is 10.2. The molecule has 0 aromatic carbocycles. The number of hydrogen-bond donors (Lipinski definition) is 1. The van der Waals surface area contributed by atoms with Gasteiger partial charge in [-0.05, 0) is 45.2 Å². The van der Waals surface area contributed by atoms with Crippen molar-refractivity contribution in [1.29, 1.82) is 0 Å². The second kappa shape index (κ2) is 5.19. The van der Waals surface area contributed by atoms with Crippen molar-refractivity contribution in [3.8, 4) is 0 Å². The predicted octanol–water partition coefficient (Wildman–Crippen LogP) is 4.81. The fourth-order valence-electron chi connectivity index (χ4n) is 1.41. The molecule has 0 bridgehead atoms. The molecular formula is C11H10BrClOS2. The van der Waals surface area contributed by atoms with Crippen LogP contribution in [0.1, 0.15) is 21.4 Å². The fourth-order valence-corrected chi connectivity index (χ4v) is 4.27. The van der Waals surface area contributed by atoms with Gasteiger partial charge in [0.05, 0.1) is 16.0 Å². The zero-order valence-corrected chi connectivity index (χ0v) is 12.5. The number of hydrogen-bond acceptors (Lipinski definition) is 3. The summed E-state index contributed by atoms with van der Waals surface area (Å²) in [4.78, 5) is 2.01.